The summed E-state index contributed by atoms with van der Waals surface area (Å²) in [5.41, 5.74) is 1.37. The van der Waals surface area contributed by atoms with Crippen LogP contribution in [0.25, 0.3) is 10.9 Å². The molecule has 1 amide bonds. The highest BCUT2D eigenvalue weighted by molar-refractivity contribution is 5.77. The molecule has 0 saturated heterocycles. The smallest absolute Gasteiger partial charge is 0.261 e. The minimum Gasteiger partial charge on any atom is -0.337 e. The van der Waals surface area contributed by atoms with Crippen LogP contribution in [-0.2, 0) is 17.9 Å². The number of para-hydroxylation sites is 1. The highest BCUT2D eigenvalue weighted by atomic mass is 16.2. The van der Waals surface area contributed by atoms with Crippen molar-refractivity contribution in [2.24, 2.45) is 0 Å². The molecule has 0 aliphatic heterocycles. The van der Waals surface area contributed by atoms with Gasteiger partial charge in [-0.25, -0.2) is 4.98 Å². The first-order valence-corrected chi connectivity index (χ1v) is 8.67. The zero-order valence-corrected chi connectivity index (χ0v) is 14.8. The zero-order chi connectivity index (χ0) is 19.1. The Labute approximate surface area is 156 Å². The lowest BCUT2D eigenvalue weighted by Crippen LogP contribution is -2.33. The fraction of sp³-hybridized carbons (Fsp3) is 0.250. The summed E-state index contributed by atoms with van der Waals surface area (Å²) in [4.78, 5) is 35.1. The van der Waals surface area contributed by atoms with Crippen LogP contribution in [0, 0.1) is 11.3 Å². The molecular formula is C20H19N5O2. The quantitative estimate of drug-likeness (QED) is 0.643. The van der Waals surface area contributed by atoms with Crippen LogP contribution in [0.1, 0.15) is 18.4 Å². The van der Waals surface area contributed by atoms with E-state index in [0.29, 0.717) is 24.0 Å². The van der Waals surface area contributed by atoms with Gasteiger partial charge in [0.15, 0.2) is 0 Å². The van der Waals surface area contributed by atoms with Gasteiger partial charge in [0.05, 0.1) is 29.7 Å². The van der Waals surface area contributed by atoms with E-state index in [9.17, 15) is 9.59 Å². The molecule has 0 fully saturated rings. The van der Waals surface area contributed by atoms with Crippen LogP contribution in [0.15, 0.2) is 59.9 Å². The maximum Gasteiger partial charge on any atom is 0.261 e. The van der Waals surface area contributed by atoms with Crippen molar-refractivity contribution in [2.45, 2.75) is 25.9 Å². The van der Waals surface area contributed by atoms with Crippen molar-refractivity contribution in [3.05, 3.63) is 71.0 Å². The molecule has 3 aromatic rings. The maximum absolute atomic E-state index is 12.7. The number of hydrogen-bond acceptors (Lipinski definition) is 5. The number of carbonyl (C=O) groups is 1. The van der Waals surface area contributed by atoms with Crippen LogP contribution in [0.4, 0.5) is 0 Å². The minimum atomic E-state index is -0.163. The van der Waals surface area contributed by atoms with Crippen LogP contribution in [0.2, 0.25) is 0 Å². The van der Waals surface area contributed by atoms with Gasteiger partial charge in [0.25, 0.3) is 5.56 Å². The number of carbonyl (C=O) groups excluding carboxylic acids is 1. The number of hydrogen-bond donors (Lipinski definition) is 0. The van der Waals surface area contributed by atoms with E-state index in [2.05, 4.69) is 16.0 Å². The molecular weight excluding hydrogens is 342 g/mol. The van der Waals surface area contributed by atoms with Gasteiger partial charge in [0.2, 0.25) is 5.91 Å². The van der Waals surface area contributed by atoms with Crippen molar-refractivity contribution in [3.8, 4) is 6.07 Å². The second kappa shape index (κ2) is 8.72. The number of pyridine rings is 1. The number of nitrogens with zero attached hydrogens (tertiary/aromatic N) is 5. The van der Waals surface area contributed by atoms with Gasteiger partial charge in [-0.15, -0.1) is 0 Å². The zero-order valence-electron chi connectivity index (χ0n) is 14.8. The number of aryl methyl sites for hydroxylation is 1. The second-order valence-electron chi connectivity index (χ2n) is 6.09. The summed E-state index contributed by atoms with van der Waals surface area (Å²) in [7, 11) is 0. The van der Waals surface area contributed by atoms with Gasteiger partial charge in [-0.3, -0.25) is 19.1 Å². The lowest BCUT2D eigenvalue weighted by Gasteiger charge is -2.22. The Hall–Kier alpha value is -3.53. The van der Waals surface area contributed by atoms with Crippen LogP contribution in [0.3, 0.4) is 0 Å². The number of fused-ring (bicyclic) bond motifs is 1. The number of aromatic nitrogens is 3. The SMILES string of the molecule is N#CCCN(Cc1cccnc1)C(=O)CCn1cnc2ccccc2c1=O. The van der Waals surface area contributed by atoms with Gasteiger partial charge in [-0.05, 0) is 23.8 Å². The van der Waals surface area contributed by atoms with E-state index in [4.69, 9.17) is 5.26 Å². The lowest BCUT2D eigenvalue weighted by atomic mass is 10.2. The summed E-state index contributed by atoms with van der Waals surface area (Å²) in [6.45, 7) is 0.972. The molecule has 0 aliphatic carbocycles. The van der Waals surface area contributed by atoms with Crippen LogP contribution >= 0.6 is 0 Å². The van der Waals surface area contributed by atoms with Gasteiger partial charge in [-0.2, -0.15) is 5.26 Å². The van der Waals surface area contributed by atoms with E-state index in [1.807, 2.05) is 18.2 Å². The fourth-order valence-corrected chi connectivity index (χ4v) is 2.83. The van der Waals surface area contributed by atoms with Crippen molar-refractivity contribution in [1.82, 2.24) is 19.4 Å². The van der Waals surface area contributed by atoms with Crippen molar-refractivity contribution in [3.63, 3.8) is 0 Å². The molecule has 1 aromatic carbocycles. The number of amides is 1. The van der Waals surface area contributed by atoms with Crippen molar-refractivity contribution < 1.29 is 4.79 Å². The van der Waals surface area contributed by atoms with Gasteiger partial charge >= 0.3 is 0 Å². The molecule has 27 heavy (non-hydrogen) atoms. The number of rotatable bonds is 7. The first-order chi connectivity index (χ1) is 13.2. The lowest BCUT2D eigenvalue weighted by molar-refractivity contribution is -0.132. The number of benzene rings is 1. The molecule has 0 spiro atoms. The summed E-state index contributed by atoms with van der Waals surface area (Å²) in [6.07, 6.45) is 5.25. The molecule has 3 rings (SSSR count). The third-order valence-corrected chi connectivity index (χ3v) is 4.24. The van der Waals surface area contributed by atoms with Crippen molar-refractivity contribution >= 4 is 16.8 Å². The van der Waals surface area contributed by atoms with Crippen molar-refractivity contribution in [2.75, 3.05) is 6.54 Å². The summed E-state index contributed by atoms with van der Waals surface area (Å²) in [5.74, 6) is -0.117. The Kier molecular flexibility index (Phi) is 5.90. The predicted octanol–water partition coefficient (Wildman–Crippen LogP) is 2.12. The molecule has 7 nitrogen and oxygen atoms in total. The molecule has 2 aromatic heterocycles. The average Bonchev–Trinajstić information content (AvgIpc) is 2.71. The van der Waals surface area contributed by atoms with E-state index in [-0.39, 0.29) is 30.9 Å². The Morgan fingerprint density at radius 2 is 2.07 bits per heavy atom. The van der Waals surface area contributed by atoms with Crippen LogP contribution < -0.4 is 5.56 Å². The predicted molar refractivity (Wildman–Crippen MR) is 101 cm³/mol. The molecule has 0 saturated carbocycles. The highest BCUT2D eigenvalue weighted by Crippen LogP contribution is 2.08. The molecule has 7 heteroatoms. The summed E-state index contributed by atoms with van der Waals surface area (Å²) >= 11 is 0. The molecule has 0 unspecified atom stereocenters. The molecule has 136 valence electrons. The van der Waals surface area contributed by atoms with Gasteiger partial charge in [0.1, 0.15) is 0 Å². The Balaban J connectivity index is 1.71. The first-order valence-electron chi connectivity index (χ1n) is 8.67. The molecule has 2 heterocycles. The Morgan fingerprint density at radius 3 is 2.85 bits per heavy atom. The standard InChI is InChI=1S/C20H19N5O2/c21-9-4-11-24(14-16-5-3-10-22-13-16)19(26)8-12-25-15-23-18-7-2-1-6-17(18)20(25)27/h1-3,5-7,10,13,15H,4,8,11-12,14H2. The third-order valence-electron chi connectivity index (χ3n) is 4.24. The van der Waals surface area contributed by atoms with E-state index < -0.39 is 0 Å². The molecule has 0 atom stereocenters. The normalized spacial score (nSPS) is 10.5. The maximum atomic E-state index is 12.7. The second-order valence-corrected chi connectivity index (χ2v) is 6.09. The summed E-state index contributed by atoms with van der Waals surface area (Å²) in [5, 5.41) is 9.39. The molecule has 0 bridgehead atoms. The fourth-order valence-electron chi connectivity index (χ4n) is 2.83. The third kappa shape index (κ3) is 4.55. The van der Waals surface area contributed by atoms with Crippen LogP contribution in [-0.4, -0.2) is 31.9 Å². The molecule has 0 aliphatic rings. The van der Waals surface area contributed by atoms with Gasteiger partial charge < -0.3 is 4.90 Å². The number of nitriles is 1. The average molecular weight is 361 g/mol. The van der Waals surface area contributed by atoms with Gasteiger partial charge in [0, 0.05) is 38.4 Å². The van der Waals surface area contributed by atoms with E-state index in [1.54, 1.807) is 35.5 Å². The summed E-state index contributed by atoms with van der Waals surface area (Å²) in [6, 6.07) is 12.9. The Morgan fingerprint density at radius 1 is 1.22 bits per heavy atom. The van der Waals surface area contributed by atoms with Crippen LogP contribution in [0.5, 0.6) is 0 Å². The van der Waals surface area contributed by atoms with Gasteiger partial charge in [-0.1, -0.05) is 18.2 Å². The minimum absolute atomic E-state index is 0.117. The van der Waals surface area contributed by atoms with E-state index >= 15 is 0 Å². The Bertz CT molecular complexity index is 1020. The van der Waals surface area contributed by atoms with Crippen molar-refractivity contribution in [1.29, 1.82) is 5.26 Å². The summed E-state index contributed by atoms with van der Waals surface area (Å²) < 4.78 is 1.45. The first kappa shape index (κ1) is 18.3. The largest absolute Gasteiger partial charge is 0.337 e. The monoisotopic (exact) mass is 361 g/mol. The molecule has 0 N–H and O–H groups in total. The van der Waals surface area contributed by atoms with E-state index in [0.717, 1.165) is 5.56 Å². The van der Waals surface area contributed by atoms with E-state index in [1.165, 1.54) is 10.9 Å². The molecule has 0 radical (unpaired) electrons. The highest BCUT2D eigenvalue weighted by Gasteiger charge is 2.15. The topological polar surface area (TPSA) is 91.9 Å².